The molecule has 0 saturated carbocycles. The summed E-state index contributed by atoms with van der Waals surface area (Å²) in [6.45, 7) is 1.94. The van der Waals surface area contributed by atoms with E-state index >= 15 is 0 Å². The molecule has 0 fully saturated rings. The molecule has 0 spiro atoms. The summed E-state index contributed by atoms with van der Waals surface area (Å²) in [4.78, 5) is 17.9. The molecule has 0 bridgehead atoms. The minimum Gasteiger partial charge on any atom is -0.296 e. The molecule has 1 N–H and O–H groups in total. The third-order valence-corrected chi connectivity index (χ3v) is 5.14. The van der Waals surface area contributed by atoms with Gasteiger partial charge in [-0.15, -0.1) is 11.3 Å². The van der Waals surface area contributed by atoms with E-state index in [2.05, 4.69) is 15.4 Å². The van der Waals surface area contributed by atoms with Crippen LogP contribution in [0.2, 0.25) is 0 Å². The predicted octanol–water partition coefficient (Wildman–Crippen LogP) is 3.91. The zero-order valence-corrected chi connectivity index (χ0v) is 14.6. The van der Waals surface area contributed by atoms with Crippen LogP contribution in [0.5, 0.6) is 0 Å². The Balaban J connectivity index is 1.72. The van der Waals surface area contributed by atoms with Crippen LogP contribution < -0.4 is 5.32 Å². The summed E-state index contributed by atoms with van der Waals surface area (Å²) >= 11 is 1.43. The van der Waals surface area contributed by atoms with E-state index in [1.807, 2.05) is 6.92 Å². The molecule has 1 aliphatic carbocycles. The first-order chi connectivity index (χ1) is 12.1. The summed E-state index contributed by atoms with van der Waals surface area (Å²) in [5.74, 6) is -0.532. The molecule has 7 heteroatoms. The van der Waals surface area contributed by atoms with Crippen LogP contribution >= 0.6 is 11.3 Å². The lowest BCUT2D eigenvalue weighted by molar-refractivity contribution is 0.102. The number of fused-ring (bicyclic) bond motifs is 1. The first kappa shape index (κ1) is 16.0. The highest BCUT2D eigenvalue weighted by molar-refractivity contribution is 7.15. The highest BCUT2D eigenvalue weighted by Crippen LogP contribution is 2.28. The van der Waals surface area contributed by atoms with Gasteiger partial charge in [-0.3, -0.25) is 10.1 Å². The van der Waals surface area contributed by atoms with Gasteiger partial charge in [0.05, 0.1) is 5.69 Å². The molecule has 0 aliphatic heterocycles. The van der Waals surface area contributed by atoms with Crippen LogP contribution in [-0.4, -0.2) is 20.7 Å². The lowest BCUT2D eigenvalue weighted by Gasteiger charge is -2.14. The van der Waals surface area contributed by atoms with Crippen LogP contribution in [0.4, 0.5) is 9.52 Å². The monoisotopic (exact) mass is 356 g/mol. The second-order valence-electron chi connectivity index (χ2n) is 6.10. The molecular weight excluding hydrogens is 339 g/mol. The lowest BCUT2D eigenvalue weighted by atomic mass is 9.95. The van der Waals surface area contributed by atoms with Crippen LogP contribution in [0, 0.1) is 12.7 Å². The molecule has 5 nitrogen and oxygen atoms in total. The average Bonchev–Trinajstić information content (AvgIpc) is 3.19. The van der Waals surface area contributed by atoms with E-state index in [-0.39, 0.29) is 11.7 Å². The number of hydrogen-bond donors (Lipinski definition) is 1. The van der Waals surface area contributed by atoms with Crippen molar-refractivity contribution in [3.63, 3.8) is 0 Å². The van der Waals surface area contributed by atoms with Gasteiger partial charge >= 0.3 is 0 Å². The third kappa shape index (κ3) is 3.07. The van der Waals surface area contributed by atoms with Gasteiger partial charge in [-0.05, 0) is 56.9 Å². The standard InChI is InChI=1S/C18H17FN4OS/c1-11-10-20-18(25-11)21-17(24)16-14-4-2-3-5-15(14)23(22-16)13-8-6-12(19)7-9-13/h6-10H,2-5H2,1H3,(H,20,21,24). The van der Waals surface area contributed by atoms with Crippen LogP contribution in [-0.2, 0) is 12.8 Å². The fourth-order valence-corrected chi connectivity index (χ4v) is 3.81. The van der Waals surface area contributed by atoms with Crippen molar-refractivity contribution >= 4 is 22.4 Å². The Labute approximate surface area is 148 Å². The van der Waals surface area contributed by atoms with Crippen molar-refractivity contribution in [2.75, 3.05) is 5.32 Å². The van der Waals surface area contributed by atoms with E-state index in [0.29, 0.717) is 10.8 Å². The van der Waals surface area contributed by atoms with Gasteiger partial charge in [0.25, 0.3) is 5.91 Å². The molecular formula is C18H17FN4OS. The van der Waals surface area contributed by atoms with Crippen LogP contribution in [0.3, 0.4) is 0 Å². The van der Waals surface area contributed by atoms with Crippen molar-refractivity contribution in [2.24, 2.45) is 0 Å². The lowest BCUT2D eigenvalue weighted by Crippen LogP contribution is -2.15. The highest BCUT2D eigenvalue weighted by atomic mass is 32.1. The van der Waals surface area contributed by atoms with Crippen molar-refractivity contribution < 1.29 is 9.18 Å². The maximum absolute atomic E-state index is 13.2. The molecule has 0 unspecified atom stereocenters. The van der Waals surface area contributed by atoms with Crippen LogP contribution in [0.15, 0.2) is 30.5 Å². The van der Waals surface area contributed by atoms with Gasteiger partial charge in [-0.25, -0.2) is 14.1 Å². The number of aryl methyl sites for hydroxylation is 1. The number of amides is 1. The van der Waals surface area contributed by atoms with Crippen molar-refractivity contribution in [1.29, 1.82) is 0 Å². The molecule has 2 aromatic heterocycles. The number of nitrogens with zero attached hydrogens (tertiary/aromatic N) is 3. The molecule has 25 heavy (non-hydrogen) atoms. The summed E-state index contributed by atoms with van der Waals surface area (Å²) < 4.78 is 15.0. The largest absolute Gasteiger partial charge is 0.296 e. The topological polar surface area (TPSA) is 59.8 Å². The minimum atomic E-state index is -0.290. The molecule has 0 saturated heterocycles. The normalized spacial score (nSPS) is 13.5. The maximum Gasteiger partial charge on any atom is 0.278 e. The number of carbonyl (C=O) groups excluding carboxylic acids is 1. The number of anilines is 1. The Morgan fingerprint density at radius 3 is 2.72 bits per heavy atom. The van der Waals surface area contributed by atoms with E-state index < -0.39 is 0 Å². The van der Waals surface area contributed by atoms with Gasteiger partial charge in [0.15, 0.2) is 10.8 Å². The molecule has 1 aromatic carbocycles. The Bertz CT molecular complexity index is 929. The van der Waals surface area contributed by atoms with E-state index in [1.54, 1.807) is 23.0 Å². The SMILES string of the molecule is Cc1cnc(NC(=O)c2nn(-c3ccc(F)cc3)c3c2CCCC3)s1. The molecule has 0 radical (unpaired) electrons. The predicted molar refractivity (Wildman–Crippen MR) is 95.0 cm³/mol. The van der Waals surface area contributed by atoms with Crippen molar-refractivity contribution in [2.45, 2.75) is 32.6 Å². The molecule has 128 valence electrons. The summed E-state index contributed by atoms with van der Waals surface area (Å²) in [5, 5.41) is 7.96. The number of rotatable bonds is 3. The zero-order chi connectivity index (χ0) is 17.4. The summed E-state index contributed by atoms with van der Waals surface area (Å²) in [7, 11) is 0. The number of aromatic nitrogens is 3. The fraction of sp³-hybridized carbons (Fsp3) is 0.278. The quantitative estimate of drug-likeness (QED) is 0.774. The van der Waals surface area contributed by atoms with E-state index in [0.717, 1.165) is 47.5 Å². The second-order valence-corrected chi connectivity index (χ2v) is 7.33. The van der Waals surface area contributed by atoms with Crippen LogP contribution in [0.1, 0.15) is 39.5 Å². The summed E-state index contributed by atoms with van der Waals surface area (Å²) in [6.07, 6.45) is 5.53. The smallest absolute Gasteiger partial charge is 0.278 e. The second kappa shape index (κ2) is 6.40. The van der Waals surface area contributed by atoms with Gasteiger partial charge in [-0.2, -0.15) is 5.10 Å². The van der Waals surface area contributed by atoms with Gasteiger partial charge in [0.2, 0.25) is 0 Å². The fourth-order valence-electron chi connectivity index (χ4n) is 3.15. The number of benzene rings is 1. The van der Waals surface area contributed by atoms with E-state index in [4.69, 9.17) is 0 Å². The van der Waals surface area contributed by atoms with Gasteiger partial charge in [0.1, 0.15) is 5.82 Å². The number of carbonyl (C=O) groups is 1. The molecule has 0 atom stereocenters. The van der Waals surface area contributed by atoms with Crippen LogP contribution in [0.25, 0.3) is 5.69 Å². The maximum atomic E-state index is 13.2. The Kier molecular flexibility index (Phi) is 4.09. The summed E-state index contributed by atoms with van der Waals surface area (Å²) in [6, 6.07) is 6.18. The Hall–Kier alpha value is -2.54. The molecule has 1 amide bonds. The highest BCUT2D eigenvalue weighted by Gasteiger charge is 2.26. The summed E-state index contributed by atoms with van der Waals surface area (Å²) in [5.41, 5.74) is 3.23. The first-order valence-corrected chi connectivity index (χ1v) is 9.04. The van der Waals surface area contributed by atoms with E-state index in [1.165, 1.54) is 23.5 Å². The first-order valence-electron chi connectivity index (χ1n) is 8.22. The molecule has 2 heterocycles. The third-order valence-electron chi connectivity index (χ3n) is 4.31. The average molecular weight is 356 g/mol. The molecule has 3 aromatic rings. The minimum absolute atomic E-state index is 0.242. The van der Waals surface area contributed by atoms with Crippen molar-refractivity contribution in [3.8, 4) is 5.69 Å². The Morgan fingerprint density at radius 1 is 1.24 bits per heavy atom. The zero-order valence-electron chi connectivity index (χ0n) is 13.8. The van der Waals surface area contributed by atoms with Crippen molar-refractivity contribution in [1.82, 2.24) is 14.8 Å². The number of nitrogens with one attached hydrogen (secondary N) is 1. The van der Waals surface area contributed by atoms with Crippen molar-refractivity contribution in [3.05, 3.63) is 58.1 Å². The number of thiazole rings is 1. The van der Waals surface area contributed by atoms with E-state index in [9.17, 15) is 9.18 Å². The van der Waals surface area contributed by atoms with Gasteiger partial charge in [-0.1, -0.05) is 0 Å². The molecule has 1 aliphatic rings. The number of halogens is 1. The Morgan fingerprint density at radius 2 is 2.00 bits per heavy atom. The van der Waals surface area contributed by atoms with Gasteiger partial charge < -0.3 is 0 Å². The number of hydrogen-bond acceptors (Lipinski definition) is 4. The van der Waals surface area contributed by atoms with Gasteiger partial charge in [0, 0.05) is 22.3 Å². The molecule has 4 rings (SSSR count).